The van der Waals surface area contributed by atoms with Crippen molar-refractivity contribution in [2.24, 2.45) is 0 Å². The zero-order valence-corrected chi connectivity index (χ0v) is 21.3. The molecule has 0 aliphatic heterocycles. The maximum atomic E-state index is 12.5. The highest BCUT2D eigenvalue weighted by atomic mass is 32.2. The molecule has 0 fully saturated rings. The lowest BCUT2D eigenvalue weighted by Gasteiger charge is -2.07. The summed E-state index contributed by atoms with van der Waals surface area (Å²) in [4.78, 5) is 22.2. The molecule has 0 radical (unpaired) electrons. The fourth-order valence-electron chi connectivity index (χ4n) is 3.12. The third-order valence-electron chi connectivity index (χ3n) is 5.12. The Morgan fingerprint density at radius 1 is 1.03 bits per heavy atom. The number of thioether (sulfide) groups is 2. The molecular weight excluding hydrogens is 465 g/mol. The first-order valence-corrected chi connectivity index (χ1v) is 13.5. The summed E-state index contributed by atoms with van der Waals surface area (Å²) in [7, 11) is 0. The van der Waals surface area contributed by atoms with E-state index in [0.29, 0.717) is 17.1 Å². The standard InChI is InChI=1S/C22H24N4OS4/c1-11(2)16-8-6-15(7-9-16)10-28-21-25-26-22(31-21)30-14(5)18-23-19(27)17-12(3)13(4)29-20(17)24-18/h6-9,11,14H,10H2,1-5H3,(H,23,24,27). The van der Waals surface area contributed by atoms with Gasteiger partial charge in [-0.25, -0.2) is 4.98 Å². The van der Waals surface area contributed by atoms with Crippen LogP contribution in [0.15, 0.2) is 37.7 Å². The zero-order chi connectivity index (χ0) is 22.1. The number of benzene rings is 1. The summed E-state index contributed by atoms with van der Waals surface area (Å²) in [5.41, 5.74) is 3.59. The van der Waals surface area contributed by atoms with E-state index in [2.05, 4.69) is 53.3 Å². The Morgan fingerprint density at radius 3 is 2.45 bits per heavy atom. The number of nitrogens with zero attached hydrogens (tertiary/aromatic N) is 3. The second kappa shape index (κ2) is 9.44. The van der Waals surface area contributed by atoms with Crippen molar-refractivity contribution in [1.82, 2.24) is 20.2 Å². The van der Waals surface area contributed by atoms with E-state index >= 15 is 0 Å². The number of rotatable bonds is 7. The van der Waals surface area contributed by atoms with Gasteiger partial charge in [0, 0.05) is 10.6 Å². The molecule has 4 rings (SSSR count). The number of thiophene rings is 1. The Bertz CT molecular complexity index is 1260. The van der Waals surface area contributed by atoms with Crippen LogP contribution in [0.2, 0.25) is 0 Å². The topological polar surface area (TPSA) is 71.5 Å². The zero-order valence-electron chi connectivity index (χ0n) is 18.1. The SMILES string of the molecule is Cc1sc2nc(C(C)Sc3nnc(SCc4ccc(C(C)C)cc4)s3)[nH]c(=O)c2c1C. The lowest BCUT2D eigenvalue weighted by atomic mass is 10.0. The van der Waals surface area contributed by atoms with Gasteiger partial charge in [-0.15, -0.1) is 21.5 Å². The van der Waals surface area contributed by atoms with Crippen LogP contribution in [0, 0.1) is 13.8 Å². The monoisotopic (exact) mass is 488 g/mol. The molecule has 0 aliphatic rings. The second-order valence-corrected chi connectivity index (χ2v) is 12.7. The molecule has 1 unspecified atom stereocenters. The smallest absolute Gasteiger partial charge is 0.259 e. The molecule has 0 aliphatic carbocycles. The summed E-state index contributed by atoms with van der Waals surface area (Å²) in [5.74, 6) is 2.10. The minimum absolute atomic E-state index is 0.0193. The van der Waals surface area contributed by atoms with Crippen molar-refractivity contribution in [1.29, 1.82) is 0 Å². The van der Waals surface area contributed by atoms with E-state index in [1.165, 1.54) is 11.1 Å². The summed E-state index contributed by atoms with van der Waals surface area (Å²) < 4.78 is 1.83. The number of nitrogens with one attached hydrogen (secondary N) is 1. The molecule has 3 aromatic heterocycles. The molecule has 1 N–H and O–H groups in total. The Hall–Kier alpha value is -1.68. The van der Waals surface area contributed by atoms with Gasteiger partial charge in [-0.05, 0) is 43.4 Å². The van der Waals surface area contributed by atoms with Crippen molar-refractivity contribution < 1.29 is 0 Å². The molecule has 0 saturated heterocycles. The van der Waals surface area contributed by atoms with E-state index in [9.17, 15) is 4.79 Å². The first-order valence-electron chi connectivity index (χ1n) is 10.0. The second-order valence-electron chi connectivity index (χ2n) is 7.69. The highest BCUT2D eigenvalue weighted by molar-refractivity contribution is 8.03. The summed E-state index contributed by atoms with van der Waals surface area (Å²) in [6, 6.07) is 8.77. The third kappa shape index (κ3) is 5.05. The van der Waals surface area contributed by atoms with Gasteiger partial charge in [0.2, 0.25) is 0 Å². The Kier molecular flexibility index (Phi) is 6.86. The number of aromatic amines is 1. The fraction of sp³-hybridized carbons (Fsp3) is 0.364. The predicted molar refractivity (Wildman–Crippen MR) is 134 cm³/mol. The van der Waals surface area contributed by atoms with Crippen LogP contribution in [-0.2, 0) is 5.75 Å². The molecule has 1 atom stereocenters. The first kappa shape index (κ1) is 22.5. The minimum atomic E-state index is -0.0636. The van der Waals surface area contributed by atoms with E-state index in [1.807, 2.05) is 20.8 Å². The van der Waals surface area contributed by atoms with Gasteiger partial charge in [-0.2, -0.15) is 0 Å². The molecule has 31 heavy (non-hydrogen) atoms. The third-order valence-corrected chi connectivity index (χ3v) is 9.54. The molecule has 0 spiro atoms. The van der Waals surface area contributed by atoms with Crippen molar-refractivity contribution in [3.05, 3.63) is 62.0 Å². The fourth-order valence-corrected chi connectivity index (χ4v) is 7.33. The lowest BCUT2D eigenvalue weighted by molar-refractivity contribution is 0.866. The highest BCUT2D eigenvalue weighted by Gasteiger charge is 2.18. The molecule has 9 heteroatoms. The predicted octanol–water partition coefficient (Wildman–Crippen LogP) is 6.72. The van der Waals surface area contributed by atoms with Crippen molar-refractivity contribution in [2.75, 3.05) is 0 Å². The van der Waals surface area contributed by atoms with E-state index in [1.54, 1.807) is 46.2 Å². The Balaban J connectivity index is 1.41. The maximum Gasteiger partial charge on any atom is 0.259 e. The van der Waals surface area contributed by atoms with E-state index in [-0.39, 0.29) is 10.8 Å². The van der Waals surface area contributed by atoms with Crippen LogP contribution in [0.1, 0.15) is 59.3 Å². The molecule has 1 aromatic carbocycles. The molecule has 3 heterocycles. The van der Waals surface area contributed by atoms with Gasteiger partial charge < -0.3 is 4.98 Å². The van der Waals surface area contributed by atoms with Gasteiger partial charge in [-0.3, -0.25) is 4.79 Å². The van der Waals surface area contributed by atoms with Gasteiger partial charge in [0.1, 0.15) is 10.7 Å². The molecule has 0 amide bonds. The average molecular weight is 489 g/mol. The molecule has 5 nitrogen and oxygen atoms in total. The van der Waals surface area contributed by atoms with Crippen molar-refractivity contribution in [3.63, 3.8) is 0 Å². The summed E-state index contributed by atoms with van der Waals surface area (Å²) in [6.45, 7) is 10.4. The van der Waals surface area contributed by atoms with E-state index in [0.717, 1.165) is 29.7 Å². The van der Waals surface area contributed by atoms with Crippen LogP contribution >= 0.6 is 46.2 Å². The van der Waals surface area contributed by atoms with Crippen LogP contribution in [0.4, 0.5) is 0 Å². The van der Waals surface area contributed by atoms with Crippen molar-refractivity contribution in [2.45, 2.75) is 60.2 Å². The van der Waals surface area contributed by atoms with Crippen LogP contribution < -0.4 is 5.56 Å². The van der Waals surface area contributed by atoms with Crippen molar-refractivity contribution in [3.8, 4) is 0 Å². The van der Waals surface area contributed by atoms with E-state index in [4.69, 9.17) is 4.98 Å². The number of aromatic nitrogens is 4. The lowest BCUT2D eigenvalue weighted by Crippen LogP contribution is -2.12. The number of hydrogen-bond acceptors (Lipinski definition) is 8. The van der Waals surface area contributed by atoms with Crippen LogP contribution in [-0.4, -0.2) is 20.2 Å². The highest BCUT2D eigenvalue weighted by Crippen LogP contribution is 2.38. The quantitative estimate of drug-likeness (QED) is 0.291. The Morgan fingerprint density at radius 2 is 1.74 bits per heavy atom. The molecular formula is C22H24N4OS4. The molecule has 0 bridgehead atoms. The summed E-state index contributed by atoms with van der Waals surface area (Å²) in [6.07, 6.45) is 0. The van der Waals surface area contributed by atoms with Gasteiger partial charge in [-0.1, -0.05) is 73.0 Å². The van der Waals surface area contributed by atoms with E-state index < -0.39 is 0 Å². The van der Waals surface area contributed by atoms with Crippen LogP contribution in [0.25, 0.3) is 10.2 Å². The Labute approximate surface area is 198 Å². The van der Waals surface area contributed by atoms with Crippen LogP contribution in [0.3, 0.4) is 0 Å². The number of fused-ring (bicyclic) bond motifs is 1. The molecule has 162 valence electrons. The molecule has 4 aromatic rings. The van der Waals surface area contributed by atoms with Gasteiger partial charge in [0.05, 0.1) is 10.6 Å². The average Bonchev–Trinajstić information content (AvgIpc) is 3.30. The number of H-pyrrole nitrogens is 1. The summed E-state index contributed by atoms with van der Waals surface area (Å²) >= 11 is 6.43. The first-order chi connectivity index (χ1) is 14.8. The largest absolute Gasteiger partial charge is 0.309 e. The summed E-state index contributed by atoms with van der Waals surface area (Å²) in [5, 5.41) is 9.34. The minimum Gasteiger partial charge on any atom is -0.309 e. The number of hydrogen-bond donors (Lipinski definition) is 1. The normalized spacial score (nSPS) is 12.7. The van der Waals surface area contributed by atoms with Gasteiger partial charge >= 0.3 is 0 Å². The maximum absolute atomic E-state index is 12.5. The van der Waals surface area contributed by atoms with Crippen molar-refractivity contribution >= 4 is 56.4 Å². The van der Waals surface area contributed by atoms with Crippen LogP contribution in [0.5, 0.6) is 0 Å². The molecule has 0 saturated carbocycles. The van der Waals surface area contributed by atoms with Gasteiger partial charge in [0.15, 0.2) is 8.68 Å². The number of aryl methyl sites for hydroxylation is 2. The van der Waals surface area contributed by atoms with Gasteiger partial charge in [0.25, 0.3) is 5.56 Å².